The third-order valence-corrected chi connectivity index (χ3v) is 7.07. The number of nitrogens with one attached hydrogen (secondary N) is 1. The molecule has 0 atom stereocenters. The lowest BCUT2D eigenvalue weighted by molar-refractivity contribution is 0.0724. The molecule has 2 heterocycles. The van der Waals surface area contributed by atoms with Crippen LogP contribution in [0.2, 0.25) is 0 Å². The lowest BCUT2D eigenvalue weighted by atomic mass is 10.1. The van der Waals surface area contributed by atoms with Gasteiger partial charge in [-0.05, 0) is 54.8 Å². The van der Waals surface area contributed by atoms with Gasteiger partial charge < -0.3 is 10.2 Å². The molecule has 2 fully saturated rings. The van der Waals surface area contributed by atoms with Gasteiger partial charge in [0.2, 0.25) is 0 Å². The largest absolute Gasteiger partial charge is 0.349 e. The molecule has 2 aromatic heterocycles. The molecule has 5 nitrogen and oxygen atoms in total. The number of amides is 2. The van der Waals surface area contributed by atoms with Crippen LogP contribution in [0.4, 0.5) is 0 Å². The SMILES string of the molecule is O=C(NC1CC1)c1ccc(CN(C(=O)c2csc(-c3cccs3)n2)C2CC2)cc1. The maximum absolute atomic E-state index is 13.1. The van der Waals surface area contributed by atoms with Crippen molar-refractivity contribution in [3.8, 4) is 9.88 Å². The van der Waals surface area contributed by atoms with Crippen LogP contribution in [0.1, 0.15) is 52.1 Å². The van der Waals surface area contributed by atoms with E-state index in [0.29, 0.717) is 23.8 Å². The summed E-state index contributed by atoms with van der Waals surface area (Å²) in [6.07, 6.45) is 4.23. The molecule has 0 spiro atoms. The molecule has 1 N–H and O–H groups in total. The summed E-state index contributed by atoms with van der Waals surface area (Å²) in [5.41, 5.74) is 2.22. The van der Waals surface area contributed by atoms with E-state index in [0.717, 1.165) is 41.1 Å². The van der Waals surface area contributed by atoms with E-state index in [9.17, 15) is 9.59 Å². The molecule has 0 aliphatic heterocycles. The highest BCUT2D eigenvalue weighted by molar-refractivity contribution is 7.20. The number of thiazole rings is 1. The lowest BCUT2D eigenvalue weighted by Crippen LogP contribution is -2.32. The summed E-state index contributed by atoms with van der Waals surface area (Å²) >= 11 is 3.15. The summed E-state index contributed by atoms with van der Waals surface area (Å²) < 4.78 is 0. The van der Waals surface area contributed by atoms with Crippen molar-refractivity contribution in [2.24, 2.45) is 0 Å². The molecule has 7 heteroatoms. The number of hydrogen-bond donors (Lipinski definition) is 1. The summed E-state index contributed by atoms with van der Waals surface area (Å²) in [4.78, 5) is 32.9. The number of hydrogen-bond acceptors (Lipinski definition) is 5. The van der Waals surface area contributed by atoms with E-state index in [1.807, 2.05) is 52.1 Å². The van der Waals surface area contributed by atoms with E-state index in [-0.39, 0.29) is 17.9 Å². The summed E-state index contributed by atoms with van der Waals surface area (Å²) in [6.45, 7) is 0.542. The maximum atomic E-state index is 13.1. The fourth-order valence-electron chi connectivity index (χ4n) is 3.24. The predicted octanol–water partition coefficient (Wildman–Crippen LogP) is 4.57. The summed E-state index contributed by atoms with van der Waals surface area (Å²) in [7, 11) is 0. The first-order valence-electron chi connectivity index (χ1n) is 9.87. The quantitative estimate of drug-likeness (QED) is 0.606. The van der Waals surface area contributed by atoms with Crippen LogP contribution in [0.15, 0.2) is 47.2 Å². The van der Waals surface area contributed by atoms with Crippen LogP contribution in [-0.4, -0.2) is 33.8 Å². The standard InChI is InChI=1S/C22H21N3O2S2/c26-20(23-16-7-8-16)15-5-3-14(4-6-15)12-25(17-9-10-17)22(27)18-13-29-21(24-18)19-2-1-11-28-19/h1-6,11,13,16-17H,7-10,12H2,(H,23,26). The zero-order chi connectivity index (χ0) is 19.8. The van der Waals surface area contributed by atoms with E-state index >= 15 is 0 Å². The van der Waals surface area contributed by atoms with Gasteiger partial charge in [0.1, 0.15) is 10.7 Å². The van der Waals surface area contributed by atoms with Crippen LogP contribution < -0.4 is 5.32 Å². The zero-order valence-electron chi connectivity index (χ0n) is 15.8. The van der Waals surface area contributed by atoms with Crippen LogP contribution >= 0.6 is 22.7 Å². The minimum atomic E-state index is -0.0160. The van der Waals surface area contributed by atoms with Crippen LogP contribution in [0.3, 0.4) is 0 Å². The maximum Gasteiger partial charge on any atom is 0.273 e. The Morgan fingerprint density at radius 2 is 1.86 bits per heavy atom. The molecule has 2 aliphatic rings. The minimum absolute atomic E-state index is 0.0119. The molecule has 5 rings (SSSR count). The van der Waals surface area contributed by atoms with Crippen molar-refractivity contribution in [2.45, 2.75) is 44.3 Å². The Hall–Kier alpha value is -2.51. The van der Waals surface area contributed by atoms with Gasteiger partial charge in [-0.25, -0.2) is 4.98 Å². The molecular formula is C22H21N3O2S2. The molecule has 0 saturated heterocycles. The van der Waals surface area contributed by atoms with Gasteiger partial charge in [0.05, 0.1) is 4.88 Å². The van der Waals surface area contributed by atoms with Crippen molar-refractivity contribution < 1.29 is 9.59 Å². The molecule has 0 radical (unpaired) electrons. The average molecular weight is 424 g/mol. The predicted molar refractivity (Wildman–Crippen MR) is 115 cm³/mol. The Bertz CT molecular complexity index is 1020. The monoisotopic (exact) mass is 423 g/mol. The second-order valence-corrected chi connectivity index (χ2v) is 9.43. The van der Waals surface area contributed by atoms with Crippen LogP contribution in [0.25, 0.3) is 9.88 Å². The van der Waals surface area contributed by atoms with Gasteiger partial charge in [0, 0.05) is 29.6 Å². The van der Waals surface area contributed by atoms with E-state index in [1.54, 1.807) is 11.3 Å². The van der Waals surface area contributed by atoms with Gasteiger partial charge in [0.25, 0.3) is 11.8 Å². The van der Waals surface area contributed by atoms with Gasteiger partial charge in [-0.3, -0.25) is 9.59 Å². The lowest BCUT2D eigenvalue weighted by Gasteiger charge is -2.21. The topological polar surface area (TPSA) is 62.3 Å². The molecule has 2 aliphatic carbocycles. The normalized spacial score (nSPS) is 15.9. The van der Waals surface area contributed by atoms with Gasteiger partial charge in [-0.2, -0.15) is 0 Å². The van der Waals surface area contributed by atoms with E-state index in [2.05, 4.69) is 10.3 Å². The zero-order valence-corrected chi connectivity index (χ0v) is 17.5. The van der Waals surface area contributed by atoms with Gasteiger partial charge in [0.15, 0.2) is 0 Å². The third-order valence-electron chi connectivity index (χ3n) is 5.19. The second kappa shape index (κ2) is 7.72. The molecule has 0 bridgehead atoms. The summed E-state index contributed by atoms with van der Waals surface area (Å²) in [5.74, 6) is -0.0279. The number of carbonyl (C=O) groups excluding carboxylic acids is 2. The van der Waals surface area contributed by atoms with E-state index < -0.39 is 0 Å². The number of nitrogens with zero attached hydrogens (tertiary/aromatic N) is 2. The Morgan fingerprint density at radius 3 is 2.52 bits per heavy atom. The first-order valence-corrected chi connectivity index (χ1v) is 11.6. The van der Waals surface area contributed by atoms with E-state index in [1.165, 1.54) is 11.3 Å². The fourth-order valence-corrected chi connectivity index (χ4v) is 4.85. The van der Waals surface area contributed by atoms with E-state index in [4.69, 9.17) is 0 Å². The number of thiophene rings is 1. The number of rotatable bonds is 7. The van der Waals surface area contributed by atoms with Gasteiger partial charge in [-0.15, -0.1) is 22.7 Å². The van der Waals surface area contributed by atoms with Crippen LogP contribution in [0, 0.1) is 0 Å². The highest BCUT2D eigenvalue weighted by Gasteiger charge is 2.34. The van der Waals surface area contributed by atoms with Crippen molar-refractivity contribution in [3.63, 3.8) is 0 Å². The Kier molecular flexibility index (Phi) is 4.93. The molecule has 0 unspecified atom stereocenters. The number of carbonyl (C=O) groups is 2. The summed E-state index contributed by atoms with van der Waals surface area (Å²) in [5, 5.41) is 7.77. The molecular weight excluding hydrogens is 402 g/mol. The van der Waals surface area contributed by atoms with Crippen molar-refractivity contribution in [1.82, 2.24) is 15.2 Å². The molecule has 29 heavy (non-hydrogen) atoms. The third kappa shape index (κ3) is 4.26. The Morgan fingerprint density at radius 1 is 1.07 bits per heavy atom. The highest BCUT2D eigenvalue weighted by atomic mass is 32.1. The molecule has 2 amide bonds. The summed E-state index contributed by atoms with van der Waals surface area (Å²) in [6, 6.07) is 12.2. The van der Waals surface area contributed by atoms with Gasteiger partial charge in [-0.1, -0.05) is 18.2 Å². The fraction of sp³-hybridized carbons (Fsp3) is 0.318. The minimum Gasteiger partial charge on any atom is -0.349 e. The molecule has 148 valence electrons. The van der Waals surface area contributed by atoms with Crippen molar-refractivity contribution in [1.29, 1.82) is 0 Å². The number of benzene rings is 1. The molecule has 1 aromatic carbocycles. The first kappa shape index (κ1) is 18.5. The Labute approximate surface area is 177 Å². The number of aromatic nitrogens is 1. The Balaban J connectivity index is 1.29. The molecule has 3 aromatic rings. The smallest absolute Gasteiger partial charge is 0.273 e. The van der Waals surface area contributed by atoms with Crippen LogP contribution in [0.5, 0.6) is 0 Å². The van der Waals surface area contributed by atoms with Crippen LogP contribution in [-0.2, 0) is 6.54 Å². The average Bonchev–Trinajstić information content (AvgIpc) is 3.63. The van der Waals surface area contributed by atoms with Crippen molar-refractivity contribution in [2.75, 3.05) is 0 Å². The van der Waals surface area contributed by atoms with Crippen molar-refractivity contribution in [3.05, 3.63) is 64.0 Å². The second-order valence-electron chi connectivity index (χ2n) is 7.62. The van der Waals surface area contributed by atoms with Gasteiger partial charge >= 0.3 is 0 Å². The van der Waals surface area contributed by atoms with Crippen molar-refractivity contribution >= 4 is 34.5 Å². The molecule has 2 saturated carbocycles. The first-order chi connectivity index (χ1) is 14.2. The highest BCUT2D eigenvalue weighted by Crippen LogP contribution is 2.32.